The predicted molar refractivity (Wildman–Crippen MR) is 141 cm³/mol. The molecule has 0 saturated carbocycles. The van der Waals surface area contributed by atoms with Gasteiger partial charge in [0.1, 0.15) is 17.7 Å². The van der Waals surface area contributed by atoms with Crippen LogP contribution in [0.1, 0.15) is 11.1 Å². The van der Waals surface area contributed by atoms with Crippen LogP contribution >= 0.6 is 11.3 Å². The number of aromatic nitrogens is 5. The SMILES string of the molecule is COc1cnc2c(-c3nc4cc(F)c5c(c4s3)C[C@H](COC(=O)Nc3cnc(OC)nc3)O5)cc(C)cc2n1. The molecule has 0 radical (unpaired) electrons. The van der Waals surface area contributed by atoms with Crippen molar-refractivity contribution in [2.24, 2.45) is 0 Å². The molecule has 13 heteroatoms. The molecule has 4 heterocycles. The Balaban J connectivity index is 1.23. The number of ether oxygens (including phenoxy) is 4. The van der Waals surface area contributed by atoms with Gasteiger partial charge in [-0.1, -0.05) is 0 Å². The molecule has 0 saturated heterocycles. The monoisotopic (exact) mass is 548 g/mol. The molecule has 1 aliphatic rings. The molecule has 0 unspecified atom stereocenters. The van der Waals surface area contributed by atoms with Gasteiger partial charge in [0.25, 0.3) is 0 Å². The summed E-state index contributed by atoms with van der Waals surface area (Å²) in [5.74, 6) is 0.0452. The summed E-state index contributed by atoms with van der Waals surface area (Å²) in [5.41, 5.74) is 4.69. The van der Waals surface area contributed by atoms with Crippen molar-refractivity contribution in [3.8, 4) is 28.2 Å². The molecule has 39 heavy (non-hydrogen) atoms. The molecule has 11 nitrogen and oxygen atoms in total. The number of halogens is 1. The third-order valence-electron chi connectivity index (χ3n) is 6.06. The lowest BCUT2D eigenvalue weighted by molar-refractivity contribution is 0.100. The van der Waals surface area contributed by atoms with Crippen molar-refractivity contribution in [2.45, 2.75) is 19.4 Å². The summed E-state index contributed by atoms with van der Waals surface area (Å²) in [5, 5.41) is 3.22. The molecule has 198 valence electrons. The zero-order valence-electron chi connectivity index (χ0n) is 21.0. The van der Waals surface area contributed by atoms with Gasteiger partial charge < -0.3 is 18.9 Å². The number of methoxy groups -OCH3 is 2. The fourth-order valence-corrected chi connectivity index (χ4v) is 5.47. The molecule has 1 atom stereocenters. The van der Waals surface area contributed by atoms with Crippen molar-refractivity contribution in [1.82, 2.24) is 24.9 Å². The summed E-state index contributed by atoms with van der Waals surface area (Å²) >= 11 is 1.43. The van der Waals surface area contributed by atoms with E-state index in [9.17, 15) is 4.79 Å². The van der Waals surface area contributed by atoms with Gasteiger partial charge in [0, 0.05) is 23.6 Å². The minimum absolute atomic E-state index is 0.0793. The average molecular weight is 549 g/mol. The second kappa shape index (κ2) is 9.91. The van der Waals surface area contributed by atoms with E-state index in [1.54, 1.807) is 6.20 Å². The van der Waals surface area contributed by atoms with Crippen LogP contribution in [0.3, 0.4) is 0 Å². The van der Waals surface area contributed by atoms with Gasteiger partial charge >= 0.3 is 12.1 Å². The molecule has 0 aliphatic carbocycles. The van der Waals surface area contributed by atoms with E-state index in [-0.39, 0.29) is 18.4 Å². The molecule has 0 spiro atoms. The third-order valence-corrected chi connectivity index (χ3v) is 7.23. The molecule has 5 aromatic rings. The Morgan fingerprint density at radius 2 is 1.92 bits per heavy atom. The Labute approximate surface area is 225 Å². The first-order valence-corrected chi connectivity index (χ1v) is 12.6. The quantitative estimate of drug-likeness (QED) is 0.318. The molecular weight excluding hydrogens is 527 g/mol. The molecular formula is C26H21FN6O5S. The molecule has 3 aromatic heterocycles. The molecule has 0 bridgehead atoms. The highest BCUT2D eigenvalue weighted by Crippen LogP contribution is 2.43. The lowest BCUT2D eigenvalue weighted by Gasteiger charge is -2.12. The number of amides is 1. The summed E-state index contributed by atoms with van der Waals surface area (Å²) in [4.78, 5) is 33.8. The van der Waals surface area contributed by atoms with Gasteiger partial charge in [0.05, 0.1) is 59.7 Å². The maximum absolute atomic E-state index is 15.0. The van der Waals surface area contributed by atoms with E-state index in [0.717, 1.165) is 15.8 Å². The lowest BCUT2D eigenvalue weighted by Crippen LogP contribution is -2.25. The zero-order chi connectivity index (χ0) is 27.1. The van der Waals surface area contributed by atoms with Crippen LogP contribution in [-0.2, 0) is 11.2 Å². The number of nitrogens with zero attached hydrogens (tertiary/aromatic N) is 5. The van der Waals surface area contributed by atoms with Crippen LogP contribution in [-0.4, -0.2) is 57.9 Å². The topological polar surface area (TPSA) is 130 Å². The normalized spacial score (nSPS) is 14.2. The van der Waals surface area contributed by atoms with Crippen molar-refractivity contribution in [3.05, 3.63) is 53.7 Å². The van der Waals surface area contributed by atoms with Crippen LogP contribution < -0.4 is 19.5 Å². The van der Waals surface area contributed by atoms with Gasteiger partial charge in [-0.25, -0.2) is 34.1 Å². The number of rotatable bonds is 6. The van der Waals surface area contributed by atoms with Crippen LogP contribution in [0, 0.1) is 12.7 Å². The highest BCUT2D eigenvalue weighted by molar-refractivity contribution is 7.22. The van der Waals surface area contributed by atoms with Crippen molar-refractivity contribution >= 4 is 44.4 Å². The minimum Gasteiger partial charge on any atom is -0.483 e. The van der Waals surface area contributed by atoms with Crippen LogP contribution in [0.4, 0.5) is 14.9 Å². The van der Waals surface area contributed by atoms with Crippen molar-refractivity contribution in [2.75, 3.05) is 26.1 Å². The second-order valence-electron chi connectivity index (χ2n) is 8.75. The largest absolute Gasteiger partial charge is 0.483 e. The number of hydrogen-bond acceptors (Lipinski definition) is 11. The van der Waals surface area contributed by atoms with E-state index >= 15 is 4.39 Å². The van der Waals surface area contributed by atoms with E-state index < -0.39 is 18.0 Å². The Morgan fingerprint density at radius 3 is 2.69 bits per heavy atom. The Morgan fingerprint density at radius 1 is 1.10 bits per heavy atom. The fraction of sp³-hybridized carbons (Fsp3) is 0.231. The maximum atomic E-state index is 15.0. The van der Waals surface area contributed by atoms with Gasteiger partial charge in [0.2, 0.25) is 5.88 Å². The summed E-state index contributed by atoms with van der Waals surface area (Å²) in [6.07, 6.45) is 3.43. The third kappa shape index (κ3) is 4.72. The summed E-state index contributed by atoms with van der Waals surface area (Å²) < 4.78 is 37.1. The molecule has 2 aromatic carbocycles. The van der Waals surface area contributed by atoms with Gasteiger partial charge in [-0.05, 0) is 24.6 Å². The second-order valence-corrected chi connectivity index (χ2v) is 9.75. The zero-order valence-corrected chi connectivity index (χ0v) is 21.8. The van der Waals surface area contributed by atoms with E-state index in [1.165, 1.54) is 44.0 Å². The maximum Gasteiger partial charge on any atom is 0.411 e. The van der Waals surface area contributed by atoms with Gasteiger partial charge in [-0.15, -0.1) is 11.3 Å². The summed E-state index contributed by atoms with van der Waals surface area (Å²) in [6, 6.07) is 5.45. The molecule has 1 aliphatic heterocycles. The first kappa shape index (κ1) is 24.7. The molecule has 1 amide bonds. The van der Waals surface area contributed by atoms with Crippen molar-refractivity contribution < 1.29 is 28.1 Å². The fourth-order valence-electron chi connectivity index (χ4n) is 4.35. The predicted octanol–water partition coefficient (Wildman–Crippen LogP) is 4.71. The Kier molecular flexibility index (Phi) is 6.27. The van der Waals surface area contributed by atoms with Gasteiger partial charge in [0.15, 0.2) is 11.6 Å². The number of anilines is 1. The molecule has 0 fully saturated rings. The number of hydrogen-bond donors (Lipinski definition) is 1. The number of benzene rings is 2. The minimum atomic E-state index is -0.710. The van der Waals surface area contributed by atoms with E-state index in [4.69, 9.17) is 23.9 Å². The van der Waals surface area contributed by atoms with Crippen LogP contribution in [0.2, 0.25) is 0 Å². The van der Waals surface area contributed by atoms with Gasteiger partial charge in [-0.3, -0.25) is 5.32 Å². The highest BCUT2D eigenvalue weighted by atomic mass is 32.1. The van der Waals surface area contributed by atoms with E-state index in [0.29, 0.717) is 45.1 Å². The first-order chi connectivity index (χ1) is 18.9. The highest BCUT2D eigenvalue weighted by Gasteiger charge is 2.31. The van der Waals surface area contributed by atoms with E-state index in [2.05, 4.69) is 25.3 Å². The summed E-state index contributed by atoms with van der Waals surface area (Å²) in [7, 11) is 2.98. The lowest BCUT2D eigenvalue weighted by atomic mass is 10.1. The summed E-state index contributed by atoms with van der Waals surface area (Å²) in [6.45, 7) is 1.88. The number of carbonyl (C=O) groups is 1. The van der Waals surface area contributed by atoms with Crippen molar-refractivity contribution in [1.29, 1.82) is 0 Å². The van der Waals surface area contributed by atoms with Crippen LogP contribution in [0.25, 0.3) is 31.8 Å². The number of thiazole rings is 1. The molecule has 6 rings (SSSR count). The van der Waals surface area contributed by atoms with Crippen molar-refractivity contribution in [3.63, 3.8) is 0 Å². The standard InChI is InChI=1S/C26H21FN6O5S/c1-12-4-15(21-18(5-12)32-20(35-2)10-28-21)24-33-19-7-17(27)22-16(23(19)39-24)6-14(38-22)11-37-26(34)31-13-8-29-25(36-3)30-9-13/h4-5,7-10,14H,6,11H2,1-3H3,(H,31,34)/t14-/m1/s1. The average Bonchev–Trinajstić information content (AvgIpc) is 3.56. The van der Waals surface area contributed by atoms with Crippen LogP contribution in [0.5, 0.6) is 17.6 Å². The molecule has 1 N–H and O–H groups in total. The van der Waals surface area contributed by atoms with E-state index in [1.807, 2.05) is 19.1 Å². The Bertz CT molecular complexity index is 1730. The number of fused-ring (bicyclic) bond motifs is 4. The number of carbonyl (C=O) groups excluding carboxylic acids is 1. The Hall–Kier alpha value is -4.65. The smallest absolute Gasteiger partial charge is 0.411 e. The van der Waals surface area contributed by atoms with Crippen LogP contribution in [0.15, 0.2) is 36.8 Å². The number of aryl methyl sites for hydroxylation is 1. The first-order valence-electron chi connectivity index (χ1n) is 11.8. The number of nitrogens with one attached hydrogen (secondary N) is 1. The van der Waals surface area contributed by atoms with Gasteiger partial charge in [-0.2, -0.15) is 0 Å².